The van der Waals surface area contributed by atoms with Crippen molar-refractivity contribution in [2.75, 3.05) is 0 Å². The number of nitrogens with zero attached hydrogens (tertiary/aromatic N) is 1. The first-order valence-corrected chi connectivity index (χ1v) is 3.88. The standard InChI is InChI=1S/C8H7ClFNO/c1-2-6(12)8-5(10)3-4-7(9)11-8/h3-4H,2H2,1H3. The van der Waals surface area contributed by atoms with Gasteiger partial charge in [-0.2, -0.15) is 0 Å². The number of ketones is 1. The molecular weight excluding hydrogens is 181 g/mol. The Morgan fingerprint density at radius 3 is 2.92 bits per heavy atom. The van der Waals surface area contributed by atoms with Crippen molar-refractivity contribution in [1.29, 1.82) is 0 Å². The third-order valence-electron chi connectivity index (χ3n) is 1.40. The van der Waals surface area contributed by atoms with Crippen molar-refractivity contribution in [3.8, 4) is 0 Å². The van der Waals surface area contributed by atoms with Gasteiger partial charge in [0, 0.05) is 6.42 Å². The zero-order chi connectivity index (χ0) is 9.14. The molecular formula is C8H7ClFNO. The molecule has 1 aromatic heterocycles. The fraction of sp³-hybridized carbons (Fsp3) is 0.250. The third kappa shape index (κ3) is 1.80. The lowest BCUT2D eigenvalue weighted by atomic mass is 10.2. The van der Waals surface area contributed by atoms with Crippen LogP contribution in [-0.2, 0) is 0 Å². The third-order valence-corrected chi connectivity index (χ3v) is 1.61. The molecule has 0 N–H and O–H groups in total. The van der Waals surface area contributed by atoms with Crippen molar-refractivity contribution < 1.29 is 9.18 Å². The minimum atomic E-state index is -0.619. The van der Waals surface area contributed by atoms with Crippen LogP contribution in [0.15, 0.2) is 12.1 Å². The van der Waals surface area contributed by atoms with E-state index in [1.165, 1.54) is 6.07 Å². The smallest absolute Gasteiger partial charge is 0.183 e. The summed E-state index contributed by atoms with van der Waals surface area (Å²) in [6.07, 6.45) is 0.226. The van der Waals surface area contributed by atoms with E-state index < -0.39 is 5.82 Å². The molecule has 1 heterocycles. The first kappa shape index (κ1) is 9.13. The zero-order valence-corrected chi connectivity index (χ0v) is 7.23. The highest BCUT2D eigenvalue weighted by Crippen LogP contribution is 2.11. The van der Waals surface area contributed by atoms with Crippen molar-refractivity contribution in [2.24, 2.45) is 0 Å². The van der Waals surface area contributed by atoms with Gasteiger partial charge >= 0.3 is 0 Å². The molecule has 0 unspecified atom stereocenters. The Morgan fingerprint density at radius 2 is 2.33 bits per heavy atom. The second-order valence-corrected chi connectivity index (χ2v) is 2.63. The molecule has 0 saturated heterocycles. The quantitative estimate of drug-likeness (QED) is 0.526. The van der Waals surface area contributed by atoms with Gasteiger partial charge in [-0.05, 0) is 12.1 Å². The Morgan fingerprint density at radius 1 is 1.67 bits per heavy atom. The predicted octanol–water partition coefficient (Wildman–Crippen LogP) is 2.47. The van der Waals surface area contributed by atoms with Gasteiger partial charge in [-0.3, -0.25) is 4.79 Å². The Kier molecular flexibility index (Phi) is 2.76. The monoisotopic (exact) mass is 187 g/mol. The van der Waals surface area contributed by atoms with E-state index in [0.29, 0.717) is 0 Å². The van der Waals surface area contributed by atoms with Gasteiger partial charge in [0.25, 0.3) is 0 Å². The van der Waals surface area contributed by atoms with E-state index in [4.69, 9.17) is 11.6 Å². The minimum Gasteiger partial charge on any atom is -0.292 e. The van der Waals surface area contributed by atoms with Crippen molar-refractivity contribution >= 4 is 17.4 Å². The first-order chi connectivity index (χ1) is 5.65. The molecule has 4 heteroatoms. The molecule has 1 aromatic rings. The molecule has 0 saturated carbocycles. The highest BCUT2D eigenvalue weighted by atomic mass is 35.5. The van der Waals surface area contributed by atoms with E-state index in [0.717, 1.165) is 6.07 Å². The normalized spacial score (nSPS) is 9.92. The summed E-state index contributed by atoms with van der Waals surface area (Å²) in [6.45, 7) is 1.64. The van der Waals surface area contributed by atoms with E-state index in [1.54, 1.807) is 6.92 Å². The Labute approximate surface area is 74.4 Å². The molecule has 0 spiro atoms. The largest absolute Gasteiger partial charge is 0.292 e. The van der Waals surface area contributed by atoms with E-state index >= 15 is 0 Å². The van der Waals surface area contributed by atoms with Crippen molar-refractivity contribution in [1.82, 2.24) is 4.98 Å². The summed E-state index contributed by atoms with van der Waals surface area (Å²) in [5.41, 5.74) is -0.176. The van der Waals surface area contributed by atoms with Gasteiger partial charge in [-0.15, -0.1) is 0 Å². The number of pyridine rings is 1. The van der Waals surface area contributed by atoms with Crippen LogP contribution in [0, 0.1) is 5.82 Å². The summed E-state index contributed by atoms with van der Waals surface area (Å²) in [7, 11) is 0. The first-order valence-electron chi connectivity index (χ1n) is 3.50. The summed E-state index contributed by atoms with van der Waals surface area (Å²) in [5, 5.41) is 0.133. The van der Waals surface area contributed by atoms with Crippen LogP contribution in [0.1, 0.15) is 23.8 Å². The van der Waals surface area contributed by atoms with Gasteiger partial charge < -0.3 is 0 Å². The molecule has 0 atom stereocenters. The number of hydrogen-bond donors (Lipinski definition) is 0. The second-order valence-electron chi connectivity index (χ2n) is 2.24. The molecule has 64 valence electrons. The van der Waals surface area contributed by atoms with Gasteiger partial charge in [0.05, 0.1) is 0 Å². The summed E-state index contributed by atoms with van der Waals surface area (Å²) < 4.78 is 12.9. The average molecular weight is 188 g/mol. The van der Waals surface area contributed by atoms with Crippen LogP contribution in [0.25, 0.3) is 0 Å². The van der Waals surface area contributed by atoms with Crippen molar-refractivity contribution in [3.63, 3.8) is 0 Å². The molecule has 1 rings (SSSR count). The number of halogens is 2. The zero-order valence-electron chi connectivity index (χ0n) is 6.47. The maximum absolute atomic E-state index is 12.9. The molecule has 2 nitrogen and oxygen atoms in total. The number of carbonyl (C=O) groups is 1. The highest BCUT2D eigenvalue weighted by Gasteiger charge is 2.11. The molecule has 0 fully saturated rings. The molecule has 0 aromatic carbocycles. The summed E-state index contributed by atoms with van der Waals surface area (Å²) >= 11 is 5.49. The Hall–Kier alpha value is -0.960. The van der Waals surface area contributed by atoms with Crippen LogP contribution in [0.5, 0.6) is 0 Å². The second kappa shape index (κ2) is 3.63. The van der Waals surface area contributed by atoms with Crippen molar-refractivity contribution in [3.05, 3.63) is 28.8 Å². The maximum atomic E-state index is 12.9. The fourth-order valence-corrected chi connectivity index (χ4v) is 0.929. The van der Waals surface area contributed by atoms with E-state index in [9.17, 15) is 9.18 Å². The molecule has 0 aliphatic heterocycles. The Balaban J connectivity index is 3.13. The molecule has 0 aliphatic rings. The predicted molar refractivity (Wildman–Crippen MR) is 43.8 cm³/mol. The summed E-state index contributed by atoms with van der Waals surface area (Å²) in [5.74, 6) is -0.957. The molecule has 0 radical (unpaired) electrons. The molecule has 12 heavy (non-hydrogen) atoms. The highest BCUT2D eigenvalue weighted by molar-refractivity contribution is 6.29. The van der Waals surface area contributed by atoms with Gasteiger partial charge in [0.2, 0.25) is 0 Å². The number of hydrogen-bond acceptors (Lipinski definition) is 2. The number of Topliss-reactive ketones (excluding diaryl/α,β-unsaturated/α-hetero) is 1. The van der Waals surface area contributed by atoms with E-state index in [-0.39, 0.29) is 23.1 Å². The number of aromatic nitrogens is 1. The fourth-order valence-electron chi connectivity index (χ4n) is 0.781. The van der Waals surface area contributed by atoms with Gasteiger partial charge in [-0.25, -0.2) is 9.37 Å². The van der Waals surface area contributed by atoms with E-state index in [2.05, 4.69) is 4.98 Å². The van der Waals surface area contributed by atoms with Crippen LogP contribution < -0.4 is 0 Å². The number of rotatable bonds is 2. The van der Waals surface area contributed by atoms with E-state index in [1.807, 2.05) is 0 Å². The minimum absolute atomic E-state index is 0.133. The topological polar surface area (TPSA) is 30.0 Å². The van der Waals surface area contributed by atoms with Crippen LogP contribution in [0.4, 0.5) is 4.39 Å². The van der Waals surface area contributed by atoms with Crippen LogP contribution in [-0.4, -0.2) is 10.8 Å². The molecule has 0 bridgehead atoms. The lowest BCUT2D eigenvalue weighted by molar-refractivity contribution is 0.0979. The van der Waals surface area contributed by atoms with Crippen LogP contribution in [0.3, 0.4) is 0 Å². The maximum Gasteiger partial charge on any atom is 0.183 e. The van der Waals surface area contributed by atoms with Crippen LogP contribution in [0.2, 0.25) is 5.15 Å². The van der Waals surface area contributed by atoms with Crippen LogP contribution >= 0.6 is 11.6 Å². The Bertz CT molecular complexity index is 314. The SMILES string of the molecule is CCC(=O)c1nc(Cl)ccc1F. The van der Waals surface area contributed by atoms with Gasteiger partial charge in [0.15, 0.2) is 11.6 Å². The lowest BCUT2D eigenvalue weighted by Crippen LogP contribution is -2.03. The van der Waals surface area contributed by atoms with Crippen molar-refractivity contribution in [2.45, 2.75) is 13.3 Å². The summed E-state index contributed by atoms with van der Waals surface area (Å²) in [6, 6.07) is 2.45. The molecule has 0 aliphatic carbocycles. The summed E-state index contributed by atoms with van der Waals surface area (Å²) in [4.78, 5) is 14.6. The van der Waals surface area contributed by atoms with Gasteiger partial charge in [-0.1, -0.05) is 18.5 Å². The van der Waals surface area contributed by atoms with Gasteiger partial charge in [0.1, 0.15) is 10.8 Å². The average Bonchev–Trinajstić information content (AvgIpc) is 2.08. The molecule has 0 amide bonds. The number of carbonyl (C=O) groups excluding carboxylic acids is 1. The lowest BCUT2D eigenvalue weighted by Gasteiger charge is -1.98.